The van der Waals surface area contributed by atoms with Crippen molar-refractivity contribution >= 4 is 5.82 Å². The molecule has 148 valence electrons. The van der Waals surface area contributed by atoms with E-state index >= 15 is 0 Å². The van der Waals surface area contributed by atoms with Crippen molar-refractivity contribution < 1.29 is 0 Å². The summed E-state index contributed by atoms with van der Waals surface area (Å²) in [4.78, 5) is 26.3. The summed E-state index contributed by atoms with van der Waals surface area (Å²) in [6.07, 6.45) is 9.57. The molecule has 0 aromatic carbocycles. The summed E-state index contributed by atoms with van der Waals surface area (Å²) in [5, 5.41) is 4.60. The molecule has 2 aromatic heterocycles. The average molecular weight is 380 g/mol. The van der Waals surface area contributed by atoms with Gasteiger partial charge in [-0.1, -0.05) is 0 Å². The van der Waals surface area contributed by atoms with Crippen molar-refractivity contribution in [3.63, 3.8) is 0 Å². The molecule has 28 heavy (non-hydrogen) atoms. The number of aromatic nitrogens is 4. The SMILES string of the molecule is O=c1cc2c(nn1CCN1CCN(c3ncnc4c3CCCC4)CC1)CCC2. The van der Waals surface area contributed by atoms with Crippen LogP contribution in [0.5, 0.6) is 0 Å². The van der Waals surface area contributed by atoms with Crippen molar-refractivity contribution in [2.24, 2.45) is 0 Å². The molecule has 7 nitrogen and oxygen atoms in total. The molecule has 5 rings (SSSR count). The highest BCUT2D eigenvalue weighted by atomic mass is 16.1. The van der Waals surface area contributed by atoms with Crippen LogP contribution in [0.2, 0.25) is 0 Å². The fourth-order valence-corrected chi connectivity index (χ4v) is 4.80. The molecular weight excluding hydrogens is 352 g/mol. The number of hydrogen-bond acceptors (Lipinski definition) is 6. The summed E-state index contributed by atoms with van der Waals surface area (Å²) in [7, 11) is 0. The van der Waals surface area contributed by atoms with Crippen molar-refractivity contribution in [1.82, 2.24) is 24.6 Å². The van der Waals surface area contributed by atoms with Crippen LogP contribution in [0, 0.1) is 0 Å². The number of rotatable bonds is 4. The normalized spacial score (nSPS) is 19.5. The smallest absolute Gasteiger partial charge is 0.267 e. The van der Waals surface area contributed by atoms with Crippen molar-refractivity contribution in [2.75, 3.05) is 37.6 Å². The van der Waals surface area contributed by atoms with Gasteiger partial charge in [0, 0.05) is 50.0 Å². The van der Waals surface area contributed by atoms with Crippen LogP contribution in [0.4, 0.5) is 5.82 Å². The van der Waals surface area contributed by atoms with Crippen LogP contribution in [0.1, 0.15) is 41.8 Å². The summed E-state index contributed by atoms with van der Waals surface area (Å²) >= 11 is 0. The zero-order valence-corrected chi connectivity index (χ0v) is 16.4. The molecule has 0 radical (unpaired) electrons. The first-order chi connectivity index (χ1) is 13.8. The van der Waals surface area contributed by atoms with Crippen LogP contribution in [0.15, 0.2) is 17.2 Å². The molecule has 0 saturated carbocycles. The van der Waals surface area contributed by atoms with E-state index in [0.717, 1.165) is 81.9 Å². The van der Waals surface area contributed by atoms with Gasteiger partial charge in [-0.2, -0.15) is 5.10 Å². The van der Waals surface area contributed by atoms with Crippen molar-refractivity contribution in [3.8, 4) is 0 Å². The van der Waals surface area contributed by atoms with E-state index in [2.05, 4.69) is 24.9 Å². The largest absolute Gasteiger partial charge is 0.354 e. The van der Waals surface area contributed by atoms with Gasteiger partial charge in [0.05, 0.1) is 12.2 Å². The van der Waals surface area contributed by atoms with Gasteiger partial charge < -0.3 is 4.90 Å². The minimum absolute atomic E-state index is 0.0481. The first-order valence-electron chi connectivity index (χ1n) is 10.7. The Morgan fingerprint density at radius 3 is 2.57 bits per heavy atom. The number of nitrogens with zero attached hydrogens (tertiary/aromatic N) is 6. The summed E-state index contributed by atoms with van der Waals surface area (Å²) in [5.74, 6) is 1.15. The lowest BCUT2D eigenvalue weighted by molar-refractivity contribution is 0.241. The van der Waals surface area contributed by atoms with Crippen LogP contribution < -0.4 is 10.5 Å². The van der Waals surface area contributed by atoms with Gasteiger partial charge in [-0.15, -0.1) is 0 Å². The lowest BCUT2D eigenvalue weighted by Gasteiger charge is -2.36. The van der Waals surface area contributed by atoms with Gasteiger partial charge in [0.15, 0.2) is 0 Å². The second-order valence-electron chi connectivity index (χ2n) is 8.19. The molecule has 1 fully saturated rings. The van der Waals surface area contributed by atoms with Gasteiger partial charge in [-0.25, -0.2) is 14.6 Å². The highest BCUT2D eigenvalue weighted by molar-refractivity contribution is 5.50. The van der Waals surface area contributed by atoms with Gasteiger partial charge in [-0.3, -0.25) is 9.69 Å². The highest BCUT2D eigenvalue weighted by Gasteiger charge is 2.23. The van der Waals surface area contributed by atoms with Crippen molar-refractivity contribution in [2.45, 2.75) is 51.5 Å². The van der Waals surface area contributed by atoms with E-state index in [1.165, 1.54) is 24.1 Å². The number of aryl methyl sites for hydroxylation is 3. The van der Waals surface area contributed by atoms with E-state index in [1.807, 2.05) is 0 Å². The Hall–Kier alpha value is -2.28. The maximum Gasteiger partial charge on any atom is 0.267 e. The van der Waals surface area contributed by atoms with Crippen LogP contribution in [0.25, 0.3) is 0 Å². The second-order valence-corrected chi connectivity index (χ2v) is 8.19. The topological polar surface area (TPSA) is 67.2 Å². The Morgan fingerprint density at radius 1 is 0.857 bits per heavy atom. The fraction of sp³-hybridized carbons (Fsp3) is 0.619. The monoisotopic (exact) mass is 380 g/mol. The van der Waals surface area contributed by atoms with Crippen molar-refractivity contribution in [3.05, 3.63) is 45.3 Å². The zero-order valence-electron chi connectivity index (χ0n) is 16.4. The third-order valence-electron chi connectivity index (χ3n) is 6.43. The number of hydrogen-bond donors (Lipinski definition) is 0. The predicted octanol–water partition coefficient (Wildman–Crippen LogP) is 1.22. The molecule has 2 aromatic rings. The molecule has 3 aliphatic rings. The summed E-state index contributed by atoms with van der Waals surface area (Å²) in [5.41, 5.74) is 4.95. The lowest BCUT2D eigenvalue weighted by Crippen LogP contribution is -2.48. The van der Waals surface area contributed by atoms with Crippen LogP contribution >= 0.6 is 0 Å². The van der Waals surface area contributed by atoms with Gasteiger partial charge in [0.1, 0.15) is 12.1 Å². The summed E-state index contributed by atoms with van der Waals surface area (Å²) in [6, 6.07) is 1.80. The number of anilines is 1. The fourth-order valence-electron chi connectivity index (χ4n) is 4.80. The predicted molar refractivity (Wildman–Crippen MR) is 108 cm³/mol. The van der Waals surface area contributed by atoms with Crippen molar-refractivity contribution in [1.29, 1.82) is 0 Å². The van der Waals surface area contributed by atoms with E-state index in [-0.39, 0.29) is 5.56 Å². The molecule has 1 saturated heterocycles. The lowest BCUT2D eigenvalue weighted by atomic mass is 9.96. The molecule has 7 heteroatoms. The third-order valence-corrected chi connectivity index (χ3v) is 6.43. The van der Waals surface area contributed by atoms with E-state index in [0.29, 0.717) is 6.54 Å². The van der Waals surface area contributed by atoms with Crippen LogP contribution in [-0.4, -0.2) is 57.4 Å². The first-order valence-corrected chi connectivity index (χ1v) is 10.7. The molecule has 2 aliphatic carbocycles. The molecule has 1 aliphatic heterocycles. The summed E-state index contributed by atoms with van der Waals surface area (Å²) in [6.45, 7) is 5.51. The molecular formula is C21H28N6O. The van der Waals surface area contributed by atoms with Crippen LogP contribution in [0.3, 0.4) is 0 Å². The highest BCUT2D eigenvalue weighted by Crippen LogP contribution is 2.27. The molecule has 3 heterocycles. The zero-order chi connectivity index (χ0) is 18.9. The van der Waals surface area contributed by atoms with E-state index < -0.39 is 0 Å². The molecule has 0 atom stereocenters. The first kappa shape index (κ1) is 17.8. The maximum atomic E-state index is 12.3. The minimum Gasteiger partial charge on any atom is -0.354 e. The standard InChI is InChI=1S/C21H28N6O/c28-20-14-16-4-3-7-18(16)24-27(20)13-10-25-8-11-26(12-9-25)21-17-5-1-2-6-19(17)22-15-23-21/h14-15H,1-13H2. The minimum atomic E-state index is 0.0481. The third kappa shape index (κ3) is 3.43. The molecule has 0 spiro atoms. The van der Waals surface area contributed by atoms with Gasteiger partial charge in [-0.05, 0) is 50.5 Å². The Bertz CT molecular complexity index is 916. The van der Waals surface area contributed by atoms with Gasteiger partial charge in [0.2, 0.25) is 0 Å². The van der Waals surface area contributed by atoms with Crippen LogP contribution in [-0.2, 0) is 32.2 Å². The Labute approximate surface area is 165 Å². The van der Waals surface area contributed by atoms with Gasteiger partial charge in [0.25, 0.3) is 5.56 Å². The Balaban J connectivity index is 1.20. The summed E-state index contributed by atoms with van der Waals surface area (Å²) < 4.78 is 1.66. The maximum absolute atomic E-state index is 12.3. The van der Waals surface area contributed by atoms with E-state index in [9.17, 15) is 4.79 Å². The number of piperazine rings is 1. The quantitative estimate of drug-likeness (QED) is 0.795. The number of fused-ring (bicyclic) bond motifs is 2. The second kappa shape index (κ2) is 7.62. The molecule has 0 bridgehead atoms. The van der Waals surface area contributed by atoms with E-state index in [4.69, 9.17) is 0 Å². The Kier molecular flexibility index (Phi) is 4.84. The molecule has 0 amide bonds. The average Bonchev–Trinajstić information content (AvgIpc) is 3.19. The molecule has 0 N–H and O–H groups in total. The molecule has 0 unspecified atom stereocenters. The Morgan fingerprint density at radius 2 is 1.68 bits per heavy atom. The van der Waals surface area contributed by atoms with Gasteiger partial charge >= 0.3 is 0 Å². The van der Waals surface area contributed by atoms with E-state index in [1.54, 1.807) is 17.1 Å².